The van der Waals surface area contributed by atoms with Gasteiger partial charge in [-0.15, -0.1) is 0 Å². The molecule has 5 amide bonds. The maximum absolute atomic E-state index is 13.1. The molecule has 0 aliphatic heterocycles. The number of amides is 5. The van der Waals surface area contributed by atoms with Crippen molar-refractivity contribution in [3.63, 3.8) is 0 Å². The fraction of sp³-hybridized carbons (Fsp3) is 0.393. The van der Waals surface area contributed by atoms with E-state index < -0.39 is 78.4 Å². The highest BCUT2D eigenvalue weighted by atomic mass is 35.5. The van der Waals surface area contributed by atoms with Gasteiger partial charge >= 0.3 is 5.97 Å². The van der Waals surface area contributed by atoms with Crippen molar-refractivity contribution in [2.45, 2.75) is 51.7 Å². The minimum atomic E-state index is -1.21. The molecule has 0 fully saturated rings. The predicted molar refractivity (Wildman–Crippen MR) is 171 cm³/mol. The van der Waals surface area contributed by atoms with E-state index in [0.717, 1.165) is 0 Å². The van der Waals surface area contributed by atoms with Gasteiger partial charge in [0.05, 0.1) is 13.1 Å². The number of carbonyl (C=O) groups excluding carboxylic acids is 5. The number of aliphatic carboxylic acids is 1. The number of halogens is 1. The molecule has 2 aromatic rings. The van der Waals surface area contributed by atoms with Crippen molar-refractivity contribution in [3.05, 3.63) is 46.7 Å². The molecular formula is C28H38ClN11O7. The van der Waals surface area contributed by atoms with E-state index in [2.05, 4.69) is 36.6 Å². The van der Waals surface area contributed by atoms with Crippen molar-refractivity contribution in [1.82, 2.24) is 36.6 Å². The van der Waals surface area contributed by atoms with Crippen LogP contribution in [0.4, 0.5) is 11.6 Å². The normalized spacial score (nSPS) is 12.5. The van der Waals surface area contributed by atoms with Crippen LogP contribution in [-0.4, -0.2) is 87.8 Å². The van der Waals surface area contributed by atoms with E-state index in [1.807, 2.05) is 19.2 Å². The maximum Gasteiger partial charge on any atom is 0.326 e. The van der Waals surface area contributed by atoms with E-state index in [9.17, 15) is 33.9 Å². The largest absolute Gasteiger partial charge is 0.480 e. The minimum absolute atomic E-state index is 0.0158. The van der Waals surface area contributed by atoms with Crippen LogP contribution in [-0.2, 0) is 30.4 Å². The number of nitrogen functional groups attached to an aromatic ring is 1. The zero-order valence-electron chi connectivity index (χ0n) is 25.8. The molecule has 254 valence electrons. The summed E-state index contributed by atoms with van der Waals surface area (Å²) in [7, 11) is 0. The van der Waals surface area contributed by atoms with Crippen molar-refractivity contribution in [2.24, 2.45) is 11.7 Å². The molecule has 1 aromatic carbocycles. The van der Waals surface area contributed by atoms with Gasteiger partial charge < -0.3 is 43.2 Å². The monoisotopic (exact) mass is 675 g/mol. The first-order valence-corrected chi connectivity index (χ1v) is 14.6. The van der Waals surface area contributed by atoms with E-state index >= 15 is 0 Å². The summed E-state index contributed by atoms with van der Waals surface area (Å²) in [6, 6.07) is 5.38. The van der Waals surface area contributed by atoms with Crippen LogP contribution >= 0.6 is 11.6 Å². The lowest BCUT2D eigenvalue weighted by molar-refractivity contribution is -0.142. The van der Waals surface area contributed by atoms with Crippen molar-refractivity contribution >= 4 is 64.7 Å². The number of nitrogens with one attached hydrogen (secondary N) is 7. The third-order valence-corrected chi connectivity index (χ3v) is 6.47. The molecule has 19 heteroatoms. The predicted octanol–water partition coefficient (Wildman–Crippen LogP) is -1.29. The first kappa shape index (κ1) is 37.7. The molecular weight excluding hydrogens is 638 g/mol. The number of benzene rings is 1. The number of rotatable bonds is 16. The molecule has 0 radical (unpaired) electrons. The first-order valence-electron chi connectivity index (χ1n) is 14.2. The van der Waals surface area contributed by atoms with E-state index in [1.165, 1.54) is 6.92 Å². The number of aromatic nitrogens is 2. The number of nitrogens with zero attached hydrogens (tertiary/aromatic N) is 2. The summed E-state index contributed by atoms with van der Waals surface area (Å²) in [6.45, 7) is 4.02. The smallest absolute Gasteiger partial charge is 0.326 e. The Morgan fingerprint density at radius 1 is 0.915 bits per heavy atom. The second-order valence-corrected chi connectivity index (χ2v) is 11.0. The molecule has 0 spiro atoms. The van der Waals surface area contributed by atoms with E-state index in [-0.39, 0.29) is 35.5 Å². The zero-order chi connectivity index (χ0) is 35.3. The second kappa shape index (κ2) is 17.8. The molecule has 0 aliphatic carbocycles. The van der Waals surface area contributed by atoms with Gasteiger partial charge in [0.15, 0.2) is 28.4 Å². The Balaban J connectivity index is 1.94. The van der Waals surface area contributed by atoms with Gasteiger partial charge in [0.1, 0.15) is 18.1 Å². The van der Waals surface area contributed by atoms with E-state index in [1.54, 1.807) is 30.3 Å². The van der Waals surface area contributed by atoms with Crippen molar-refractivity contribution < 1.29 is 33.9 Å². The zero-order valence-corrected chi connectivity index (χ0v) is 26.6. The van der Waals surface area contributed by atoms with Gasteiger partial charge in [-0.25, -0.2) is 14.8 Å². The van der Waals surface area contributed by atoms with Crippen LogP contribution in [0, 0.1) is 11.3 Å². The fourth-order valence-electron chi connectivity index (χ4n) is 4.00. The summed E-state index contributed by atoms with van der Waals surface area (Å²) in [6.07, 6.45) is 0.248. The minimum Gasteiger partial charge on any atom is -0.480 e. The number of carbonyl (C=O) groups is 6. The molecule has 2 rings (SSSR count). The number of carboxylic acid groups (broad SMARTS) is 1. The summed E-state index contributed by atoms with van der Waals surface area (Å²) >= 11 is 6.01. The standard InChI is InChI=1S/C28H38ClN11O7/c1-13(2)9-17(27(46)47)37-25(44)16(10-15-7-5-4-6-8-15)36-19(42)12-34-24(43)14(3)35-18(41)11-33-23-21(29)38-20(22(30)39-23)26(45)40-28(31)32/h4-8,13-14,16-17H,9-12H2,1-3H3,(H,34,43)(H,35,41)(H,36,42)(H,37,44)(H,46,47)(H3,30,33,39)(H4,31,32,40,45)/t14-,16+,17-/m1/s1. The highest BCUT2D eigenvalue weighted by Gasteiger charge is 2.28. The molecule has 0 saturated carbocycles. The molecule has 47 heavy (non-hydrogen) atoms. The maximum atomic E-state index is 13.1. The Kier molecular flexibility index (Phi) is 14.3. The van der Waals surface area contributed by atoms with Crippen LogP contribution in [0.5, 0.6) is 0 Å². The summed E-state index contributed by atoms with van der Waals surface area (Å²) in [5.74, 6) is -6.10. The summed E-state index contributed by atoms with van der Waals surface area (Å²) in [4.78, 5) is 82.1. The van der Waals surface area contributed by atoms with Crippen molar-refractivity contribution in [1.29, 1.82) is 5.41 Å². The van der Waals surface area contributed by atoms with Gasteiger partial charge in [-0.05, 0) is 24.8 Å². The number of hydrogen-bond acceptors (Lipinski definition) is 11. The molecule has 1 aromatic heterocycles. The Morgan fingerprint density at radius 3 is 2.15 bits per heavy atom. The number of hydrogen-bond donors (Lipinski definition) is 10. The average Bonchev–Trinajstić information content (AvgIpc) is 2.99. The van der Waals surface area contributed by atoms with Crippen LogP contribution in [0.25, 0.3) is 0 Å². The molecule has 12 N–H and O–H groups in total. The van der Waals surface area contributed by atoms with E-state index in [0.29, 0.717) is 5.56 Å². The second-order valence-electron chi connectivity index (χ2n) is 10.7. The van der Waals surface area contributed by atoms with E-state index in [4.69, 9.17) is 28.5 Å². The molecule has 0 aliphatic rings. The van der Waals surface area contributed by atoms with Gasteiger partial charge in [0.25, 0.3) is 5.91 Å². The number of guanidine groups is 1. The van der Waals surface area contributed by atoms with Crippen molar-refractivity contribution in [2.75, 3.05) is 24.1 Å². The molecule has 1 heterocycles. The molecule has 0 saturated heterocycles. The topological polar surface area (TPSA) is 296 Å². The van der Waals surface area contributed by atoms with Gasteiger partial charge in [0, 0.05) is 6.42 Å². The van der Waals surface area contributed by atoms with Crippen LogP contribution in [0.2, 0.25) is 5.15 Å². The summed E-state index contributed by atoms with van der Waals surface area (Å²) in [5, 5.41) is 30.7. The highest BCUT2D eigenvalue weighted by molar-refractivity contribution is 6.32. The van der Waals surface area contributed by atoms with Gasteiger partial charge in [-0.2, -0.15) is 0 Å². The number of anilines is 2. The molecule has 0 bridgehead atoms. The summed E-state index contributed by atoms with van der Waals surface area (Å²) < 4.78 is 0. The lowest BCUT2D eigenvalue weighted by atomic mass is 10.0. The van der Waals surface area contributed by atoms with Gasteiger partial charge in [-0.1, -0.05) is 55.8 Å². The Hall–Kier alpha value is -5.52. The van der Waals surface area contributed by atoms with Gasteiger partial charge in [0.2, 0.25) is 23.6 Å². The SMILES string of the molecule is CC(C)C[C@@H](NC(=O)[C@H](Cc1ccccc1)NC(=O)CNC(=O)[C@@H](C)NC(=O)CNc1nc(N)c(C(=O)NC(=N)N)nc1Cl)C(=O)O. The first-order chi connectivity index (χ1) is 22.1. The molecule has 3 atom stereocenters. The van der Waals surface area contributed by atoms with Crippen LogP contribution < -0.4 is 43.4 Å². The quantitative estimate of drug-likeness (QED) is 0.0734. The van der Waals surface area contributed by atoms with Gasteiger partial charge in [-0.3, -0.25) is 34.7 Å². The van der Waals surface area contributed by atoms with Crippen molar-refractivity contribution in [3.8, 4) is 0 Å². The number of nitrogens with two attached hydrogens (primary N) is 2. The van der Waals surface area contributed by atoms with Crippen LogP contribution in [0.1, 0.15) is 43.2 Å². The van der Waals surface area contributed by atoms with Crippen LogP contribution in [0.15, 0.2) is 30.3 Å². The Morgan fingerprint density at radius 2 is 1.55 bits per heavy atom. The summed E-state index contributed by atoms with van der Waals surface area (Å²) in [5.41, 5.74) is 11.1. The third-order valence-electron chi connectivity index (χ3n) is 6.21. The third kappa shape index (κ3) is 12.8. The molecule has 0 unspecified atom stereocenters. The molecule has 18 nitrogen and oxygen atoms in total. The van der Waals surface area contributed by atoms with Crippen LogP contribution in [0.3, 0.4) is 0 Å². The number of carboxylic acids is 1. The highest BCUT2D eigenvalue weighted by Crippen LogP contribution is 2.20. The fourth-order valence-corrected chi connectivity index (χ4v) is 4.19. The lowest BCUT2D eigenvalue weighted by Crippen LogP contribution is -2.55. The Bertz CT molecular complexity index is 1490. The Labute approximate surface area is 274 Å². The average molecular weight is 676 g/mol. The lowest BCUT2D eigenvalue weighted by Gasteiger charge is -2.23.